The molecular formula is C52H71ClF5N15O7. The van der Waals surface area contributed by atoms with Gasteiger partial charge in [0.15, 0.2) is 0 Å². The van der Waals surface area contributed by atoms with Crippen molar-refractivity contribution in [3.8, 4) is 0 Å². The summed E-state index contributed by atoms with van der Waals surface area (Å²) in [4.78, 5) is 88.8. The second-order valence-electron chi connectivity index (χ2n) is 22.4. The molecule has 0 saturated carbocycles. The molecule has 2 N–H and O–H groups in total. The van der Waals surface area contributed by atoms with Crippen LogP contribution in [-0.2, 0) is 39.8 Å². The molecule has 4 aliphatic heterocycles. The second-order valence-corrected chi connectivity index (χ2v) is 22.8. The summed E-state index contributed by atoms with van der Waals surface area (Å²) in [6, 6.07) is 1.91. The number of aromatic amines is 1. The maximum atomic E-state index is 14.3. The Morgan fingerprint density at radius 1 is 0.700 bits per heavy atom. The number of anilines is 5. The van der Waals surface area contributed by atoms with Crippen LogP contribution in [0.5, 0.6) is 0 Å². The second kappa shape index (κ2) is 23.6. The Bertz CT molecular complexity index is 3210. The van der Waals surface area contributed by atoms with Crippen LogP contribution in [0.1, 0.15) is 104 Å². The number of benzene rings is 1. The van der Waals surface area contributed by atoms with E-state index in [9.17, 15) is 45.9 Å². The number of alkyl halides is 5. The third-order valence-corrected chi connectivity index (χ3v) is 14.3. The third kappa shape index (κ3) is 13.4. The van der Waals surface area contributed by atoms with Crippen molar-refractivity contribution in [3.05, 3.63) is 60.4 Å². The van der Waals surface area contributed by atoms with Gasteiger partial charge in [0.1, 0.15) is 41.5 Å². The number of nitrogens with one attached hydrogen (secondary N) is 2. The van der Waals surface area contributed by atoms with Gasteiger partial charge in [-0.05, 0) is 105 Å². The van der Waals surface area contributed by atoms with E-state index in [1.807, 2.05) is 44.4 Å². The number of hydrogen-bond donors (Lipinski definition) is 2. The van der Waals surface area contributed by atoms with Gasteiger partial charge in [-0.25, -0.2) is 18.4 Å². The lowest BCUT2D eigenvalue weighted by Gasteiger charge is -2.37. The molecule has 9 rings (SSSR count). The van der Waals surface area contributed by atoms with Crippen LogP contribution in [0.25, 0.3) is 11.6 Å². The molecule has 0 unspecified atom stereocenters. The number of piperazine rings is 2. The molecule has 0 aliphatic carbocycles. The first kappa shape index (κ1) is 59.2. The van der Waals surface area contributed by atoms with Crippen LogP contribution < -0.4 is 36.0 Å². The number of amides is 3. The van der Waals surface area contributed by atoms with Gasteiger partial charge in [0.05, 0.1) is 29.4 Å². The zero-order valence-corrected chi connectivity index (χ0v) is 47.4. The highest BCUT2D eigenvalue weighted by molar-refractivity contribution is 6.31. The van der Waals surface area contributed by atoms with Gasteiger partial charge in [0, 0.05) is 76.8 Å². The van der Waals surface area contributed by atoms with E-state index >= 15 is 0 Å². The van der Waals surface area contributed by atoms with Gasteiger partial charge < -0.3 is 53.7 Å². The van der Waals surface area contributed by atoms with Crippen LogP contribution in [0.4, 0.5) is 60.5 Å². The molecular weight excluding hydrogens is 1080 g/mol. The lowest BCUT2D eigenvalue weighted by Crippen LogP contribution is -2.51. The molecule has 4 aliphatic rings. The highest BCUT2D eigenvalue weighted by Gasteiger charge is 2.36. The highest BCUT2D eigenvalue weighted by atomic mass is 35.5. The summed E-state index contributed by atoms with van der Waals surface area (Å²) in [5, 5.41) is 10.9. The molecule has 80 heavy (non-hydrogen) atoms. The summed E-state index contributed by atoms with van der Waals surface area (Å²) < 4.78 is 83.2. The molecule has 0 bridgehead atoms. The van der Waals surface area contributed by atoms with Crippen molar-refractivity contribution < 1.29 is 45.8 Å². The summed E-state index contributed by atoms with van der Waals surface area (Å²) in [5.41, 5.74) is -0.675. The molecule has 4 fully saturated rings. The topological polar surface area (TPSA) is 216 Å². The first-order valence-electron chi connectivity index (χ1n) is 27.1. The van der Waals surface area contributed by atoms with Crippen LogP contribution >= 0.6 is 11.6 Å². The van der Waals surface area contributed by atoms with Gasteiger partial charge in [-0.15, -0.1) is 10.2 Å². The number of H-pyrrole nitrogens is 1. The summed E-state index contributed by atoms with van der Waals surface area (Å²) in [7, 11) is 0. The number of nitrogens with zero attached hydrogens (tertiary/aromatic N) is 13. The molecule has 3 amide bonds. The van der Waals surface area contributed by atoms with Crippen molar-refractivity contribution in [1.82, 2.24) is 48.5 Å². The van der Waals surface area contributed by atoms with E-state index in [0.717, 1.165) is 28.8 Å². The molecule has 4 aromatic heterocycles. The Kier molecular flexibility index (Phi) is 17.5. The Labute approximate surface area is 464 Å². The molecule has 2 atom stereocenters. The summed E-state index contributed by atoms with van der Waals surface area (Å²) >= 11 is 5.93. The molecule has 5 aromatic rings. The molecule has 0 spiro atoms. The zero-order chi connectivity index (χ0) is 58.2. The number of ether oxygens (including phenoxy) is 2. The van der Waals surface area contributed by atoms with Gasteiger partial charge in [-0.3, -0.25) is 14.4 Å². The molecule has 0 radical (unpaired) electrons. The number of halogens is 6. The first-order valence-corrected chi connectivity index (χ1v) is 27.5. The van der Waals surface area contributed by atoms with E-state index < -0.39 is 57.9 Å². The third-order valence-electron chi connectivity index (χ3n) is 14.0. The van der Waals surface area contributed by atoms with Crippen LogP contribution in [0.3, 0.4) is 0 Å². The number of carbonyl (C=O) groups excluding carboxylic acids is 3. The minimum atomic E-state index is -4.67. The zero-order valence-electron chi connectivity index (χ0n) is 46.7. The van der Waals surface area contributed by atoms with E-state index in [0.29, 0.717) is 108 Å². The molecule has 22 nitrogen and oxygen atoms in total. The van der Waals surface area contributed by atoms with E-state index in [-0.39, 0.29) is 73.0 Å². The predicted molar refractivity (Wildman–Crippen MR) is 292 cm³/mol. The average Bonchev–Trinajstić information content (AvgIpc) is 4.09. The van der Waals surface area contributed by atoms with Crippen LogP contribution in [0.15, 0.2) is 21.7 Å². The Balaban J connectivity index is 0.000000228. The summed E-state index contributed by atoms with van der Waals surface area (Å²) in [6.07, 6.45) is -4.30. The van der Waals surface area contributed by atoms with Crippen LogP contribution in [0, 0.1) is 6.92 Å². The van der Waals surface area contributed by atoms with E-state index in [2.05, 4.69) is 30.5 Å². The standard InChI is InChI=1S/C31H39ClF4N8O4.C21H32FN7O3/c1-6-23-25(40-10-12-41(13-11-40)29(47)48-30(3,4)5)26(46)44-28(38-27(39-44)42-9-7-8-19(33)16-42)43(23)17-24(45)37-22-15-21(32)20(14-18(22)2)31(34,35)36;1-5-15-16(26-9-11-27(12-10-26)20(31)32-21(2,3)4)17(30)29-18(23-15)24-19(25-29)28-8-6-7-14(22)13-28/h14-15,19H,6-13,16-17H2,1-5H3,(H,37,45);14H,5-13H2,1-4H3,(H,23,24,25)/t19-;14-/m11/s1. The van der Waals surface area contributed by atoms with Crippen LogP contribution in [0.2, 0.25) is 5.02 Å². The number of piperidine rings is 2. The molecule has 28 heteroatoms. The van der Waals surface area contributed by atoms with Crippen molar-refractivity contribution in [2.24, 2.45) is 0 Å². The van der Waals surface area contributed by atoms with Gasteiger partial charge >= 0.3 is 18.4 Å². The first-order chi connectivity index (χ1) is 37.6. The van der Waals surface area contributed by atoms with Crippen molar-refractivity contribution in [1.29, 1.82) is 0 Å². The smallest absolute Gasteiger partial charge is 0.417 e. The summed E-state index contributed by atoms with van der Waals surface area (Å²) in [5.74, 6) is 0.319. The van der Waals surface area contributed by atoms with Gasteiger partial charge in [0.2, 0.25) is 29.4 Å². The molecule has 438 valence electrons. The van der Waals surface area contributed by atoms with E-state index in [1.54, 1.807) is 44.9 Å². The van der Waals surface area contributed by atoms with E-state index in [4.69, 9.17) is 21.1 Å². The monoisotopic (exact) mass is 1150 g/mol. The van der Waals surface area contributed by atoms with E-state index in [1.165, 1.54) is 11.4 Å². The highest BCUT2D eigenvalue weighted by Crippen LogP contribution is 2.38. The van der Waals surface area contributed by atoms with Crippen molar-refractivity contribution in [2.45, 2.75) is 137 Å². The van der Waals surface area contributed by atoms with Crippen LogP contribution in [-0.4, -0.2) is 169 Å². The molecule has 1 aromatic carbocycles. The fourth-order valence-corrected chi connectivity index (χ4v) is 10.4. The average molecular weight is 1150 g/mol. The summed E-state index contributed by atoms with van der Waals surface area (Å²) in [6.45, 7) is 20.2. The maximum absolute atomic E-state index is 14.3. The minimum absolute atomic E-state index is 0.0552. The maximum Gasteiger partial charge on any atom is 0.417 e. The largest absolute Gasteiger partial charge is 0.444 e. The number of carbonyl (C=O) groups is 3. The Hall–Kier alpha value is -6.93. The van der Waals surface area contributed by atoms with Gasteiger partial charge in [-0.1, -0.05) is 25.4 Å². The molecule has 4 saturated heterocycles. The minimum Gasteiger partial charge on any atom is -0.444 e. The number of fused-ring (bicyclic) bond motifs is 2. The lowest BCUT2D eigenvalue weighted by atomic mass is 10.1. The number of aryl methyl sites for hydroxylation is 2. The molecule has 8 heterocycles. The fraction of sp³-hybridized carbons (Fsp3) is 0.635. The number of rotatable bonds is 9. The normalized spacial score (nSPS) is 18.6. The fourth-order valence-electron chi connectivity index (χ4n) is 10.2. The van der Waals surface area contributed by atoms with Gasteiger partial charge in [-0.2, -0.15) is 32.2 Å². The number of aromatic nitrogens is 8. The lowest BCUT2D eigenvalue weighted by molar-refractivity contribution is -0.137. The van der Waals surface area contributed by atoms with Crippen molar-refractivity contribution >= 4 is 70.2 Å². The Morgan fingerprint density at radius 3 is 1.69 bits per heavy atom. The van der Waals surface area contributed by atoms with Gasteiger partial charge in [0.25, 0.3) is 11.1 Å². The quantitative estimate of drug-likeness (QED) is 0.142. The Morgan fingerprint density at radius 2 is 1.20 bits per heavy atom. The number of hydrogen-bond acceptors (Lipinski definition) is 15. The van der Waals surface area contributed by atoms with Crippen molar-refractivity contribution in [3.63, 3.8) is 0 Å². The SMILES string of the molecule is CCc1[nH]c2nc(N3CCC[C@@H](F)C3)nn2c(=O)c1N1CCN(C(=O)OC(C)(C)C)CC1.CCc1c(N2CCN(C(=O)OC(C)(C)C)CC2)c(=O)n2nc(N3CCC[C@@H](F)C3)nc2n1CC(=O)Nc1cc(Cl)c(C(F)(F)F)cc1C. The van der Waals surface area contributed by atoms with Crippen molar-refractivity contribution in [2.75, 3.05) is 103 Å². The predicted octanol–water partition coefficient (Wildman–Crippen LogP) is 7.04.